The van der Waals surface area contributed by atoms with E-state index in [9.17, 15) is 25.3 Å². The van der Waals surface area contributed by atoms with Crippen LogP contribution < -0.4 is 5.32 Å². The van der Waals surface area contributed by atoms with Gasteiger partial charge < -0.3 is 10.4 Å². The summed E-state index contributed by atoms with van der Waals surface area (Å²) >= 11 is 1.75. The molecule has 0 radical (unpaired) electrons. The van der Waals surface area contributed by atoms with Gasteiger partial charge in [0.1, 0.15) is 17.4 Å². The molecule has 0 aliphatic rings. The lowest BCUT2D eigenvalue weighted by Crippen LogP contribution is -2.27. The first-order chi connectivity index (χ1) is 12.3. The third kappa shape index (κ3) is 4.58. The number of hydrogen-bond acceptors (Lipinski definition) is 5. The van der Waals surface area contributed by atoms with Gasteiger partial charge in [0.05, 0.1) is 14.5 Å². The molecule has 0 spiro atoms. The number of amides is 1. The number of non-ortho nitro benzene ring substituents is 1. The summed E-state index contributed by atoms with van der Waals surface area (Å²) in [6, 6.07) is 13.0. The van der Waals surface area contributed by atoms with Gasteiger partial charge in [-0.15, -0.1) is 0 Å². The molecule has 1 atom stereocenters. The van der Waals surface area contributed by atoms with E-state index >= 15 is 0 Å². The second kappa shape index (κ2) is 8.44. The molecular weight excluding hydrogens is 449 g/mol. The number of nitrogens with zero attached hydrogens (tertiary/aromatic N) is 2. The van der Waals surface area contributed by atoms with E-state index in [1.165, 1.54) is 6.07 Å². The number of nitro groups is 1. The molecule has 0 fully saturated rings. The quantitative estimate of drug-likeness (QED) is 0.231. The molecule has 1 amide bonds. The molecule has 8 heteroatoms. The summed E-state index contributed by atoms with van der Waals surface area (Å²) in [4.78, 5) is 22.7. The van der Waals surface area contributed by atoms with Gasteiger partial charge in [-0.05, 0) is 41.2 Å². The van der Waals surface area contributed by atoms with E-state index in [4.69, 9.17) is 0 Å². The van der Waals surface area contributed by atoms with E-state index in [1.54, 1.807) is 35.6 Å². The van der Waals surface area contributed by atoms with Gasteiger partial charge in [0.15, 0.2) is 0 Å². The van der Waals surface area contributed by atoms with Crippen LogP contribution in [0.1, 0.15) is 24.1 Å². The van der Waals surface area contributed by atoms with Crippen LogP contribution in [0.4, 0.5) is 5.69 Å². The van der Waals surface area contributed by atoms with Crippen LogP contribution in [0.3, 0.4) is 0 Å². The number of nitrogens with one attached hydrogen (secondary N) is 1. The average molecular weight is 463 g/mol. The zero-order chi connectivity index (χ0) is 19.3. The summed E-state index contributed by atoms with van der Waals surface area (Å²) in [6.45, 7) is 1.77. The minimum absolute atomic E-state index is 0.0302. The van der Waals surface area contributed by atoms with E-state index in [-0.39, 0.29) is 32.2 Å². The second-order valence-corrected chi connectivity index (χ2v) is 6.56. The third-order valence-corrected chi connectivity index (χ3v) is 4.42. The zero-order valence-electron chi connectivity index (χ0n) is 13.6. The number of hydrogen-bond donors (Lipinski definition) is 2. The molecule has 0 heterocycles. The largest absolute Gasteiger partial charge is 0.506 e. The SMILES string of the molecule is C[C@H](NC(=O)/C(C#N)=C\c1cc([N+](=O)[O-])cc(I)c1O)c1ccccc1. The Bertz CT molecular complexity index is 920. The molecule has 26 heavy (non-hydrogen) atoms. The Balaban J connectivity index is 2.32. The van der Waals surface area contributed by atoms with Crippen molar-refractivity contribution < 1.29 is 14.8 Å². The molecule has 0 bridgehead atoms. The van der Waals surface area contributed by atoms with Crippen LogP contribution in [0.5, 0.6) is 5.75 Å². The lowest BCUT2D eigenvalue weighted by atomic mass is 10.1. The Morgan fingerprint density at radius 3 is 2.62 bits per heavy atom. The molecule has 0 aliphatic heterocycles. The third-order valence-electron chi connectivity index (χ3n) is 3.60. The minimum Gasteiger partial charge on any atom is -0.506 e. The first kappa shape index (κ1) is 19.4. The molecule has 0 aromatic heterocycles. The molecule has 0 saturated heterocycles. The van der Waals surface area contributed by atoms with Gasteiger partial charge in [0.2, 0.25) is 0 Å². The lowest BCUT2D eigenvalue weighted by Gasteiger charge is -2.13. The number of benzene rings is 2. The molecule has 7 nitrogen and oxygen atoms in total. The summed E-state index contributed by atoms with van der Waals surface area (Å²) in [5.41, 5.74) is 0.390. The van der Waals surface area contributed by atoms with Crippen molar-refractivity contribution in [3.63, 3.8) is 0 Å². The van der Waals surface area contributed by atoms with Gasteiger partial charge in [-0.2, -0.15) is 5.26 Å². The second-order valence-electron chi connectivity index (χ2n) is 5.40. The maximum atomic E-state index is 12.4. The van der Waals surface area contributed by atoms with Crippen molar-refractivity contribution in [1.82, 2.24) is 5.32 Å². The number of carbonyl (C=O) groups is 1. The minimum atomic E-state index is -0.634. The molecule has 2 N–H and O–H groups in total. The van der Waals surface area contributed by atoms with Crippen molar-refractivity contribution in [2.75, 3.05) is 0 Å². The van der Waals surface area contributed by atoms with Crippen LogP contribution in [0.25, 0.3) is 6.08 Å². The smallest absolute Gasteiger partial charge is 0.271 e. The molecule has 0 unspecified atom stereocenters. The Labute approximate surface area is 163 Å². The van der Waals surface area contributed by atoms with E-state index in [0.717, 1.165) is 17.7 Å². The summed E-state index contributed by atoms with van der Waals surface area (Å²) in [6.07, 6.45) is 1.14. The highest BCUT2D eigenvalue weighted by molar-refractivity contribution is 14.1. The van der Waals surface area contributed by atoms with Crippen LogP contribution in [-0.2, 0) is 4.79 Å². The first-order valence-corrected chi connectivity index (χ1v) is 8.56. The molecule has 0 saturated carbocycles. The molecule has 2 aromatic carbocycles. The van der Waals surface area contributed by atoms with Crippen LogP contribution in [-0.4, -0.2) is 15.9 Å². The van der Waals surface area contributed by atoms with Gasteiger partial charge in [0, 0.05) is 17.7 Å². The molecule has 0 aliphatic carbocycles. The molecule has 132 valence electrons. The number of rotatable bonds is 5. The predicted molar refractivity (Wildman–Crippen MR) is 104 cm³/mol. The predicted octanol–water partition coefficient (Wildman–Crippen LogP) is 3.69. The van der Waals surface area contributed by atoms with Crippen LogP contribution in [0.15, 0.2) is 48.0 Å². The maximum Gasteiger partial charge on any atom is 0.271 e. The Morgan fingerprint density at radius 2 is 2.04 bits per heavy atom. The van der Waals surface area contributed by atoms with Crippen LogP contribution in [0, 0.1) is 25.0 Å². The van der Waals surface area contributed by atoms with Crippen molar-refractivity contribution in [3.8, 4) is 11.8 Å². The van der Waals surface area contributed by atoms with E-state index in [0.29, 0.717) is 0 Å². The topological polar surface area (TPSA) is 116 Å². The van der Waals surface area contributed by atoms with Crippen LogP contribution in [0.2, 0.25) is 0 Å². The Morgan fingerprint density at radius 1 is 1.38 bits per heavy atom. The van der Waals surface area contributed by atoms with Gasteiger partial charge >= 0.3 is 0 Å². The standard InChI is InChI=1S/C18H14IN3O4/c1-11(12-5-3-2-4-6-12)21-18(24)14(10-20)7-13-8-15(22(25)26)9-16(19)17(13)23/h2-9,11,23H,1H3,(H,21,24)/b14-7-/t11-/m0/s1. The van der Waals surface area contributed by atoms with E-state index in [1.807, 2.05) is 30.3 Å². The highest BCUT2D eigenvalue weighted by Crippen LogP contribution is 2.31. The maximum absolute atomic E-state index is 12.4. The number of phenolic OH excluding ortho intramolecular Hbond substituents is 1. The number of nitriles is 1. The van der Waals surface area contributed by atoms with Gasteiger partial charge in [0.25, 0.3) is 11.6 Å². The number of carbonyl (C=O) groups excluding carboxylic acids is 1. The Hall–Kier alpha value is -2.93. The van der Waals surface area contributed by atoms with Crippen molar-refractivity contribution in [2.24, 2.45) is 0 Å². The number of aromatic hydroxyl groups is 1. The first-order valence-electron chi connectivity index (χ1n) is 7.48. The van der Waals surface area contributed by atoms with Crippen LogP contribution >= 0.6 is 22.6 Å². The van der Waals surface area contributed by atoms with Gasteiger partial charge in [-0.3, -0.25) is 14.9 Å². The molecule has 2 aromatic rings. The van der Waals surface area contributed by atoms with Crippen molar-refractivity contribution >= 4 is 40.3 Å². The van der Waals surface area contributed by atoms with Gasteiger partial charge in [-0.25, -0.2) is 0 Å². The summed E-state index contributed by atoms with van der Waals surface area (Å²) in [5, 5.41) is 33.0. The normalized spacial score (nSPS) is 12.1. The fourth-order valence-corrected chi connectivity index (χ4v) is 2.85. The highest BCUT2D eigenvalue weighted by Gasteiger charge is 2.17. The monoisotopic (exact) mass is 463 g/mol. The zero-order valence-corrected chi connectivity index (χ0v) is 15.8. The number of nitro benzene ring substituents is 1. The molecule has 2 rings (SSSR count). The lowest BCUT2D eigenvalue weighted by molar-refractivity contribution is -0.385. The van der Waals surface area contributed by atoms with Crippen molar-refractivity contribution in [2.45, 2.75) is 13.0 Å². The molecular formula is C18H14IN3O4. The fourth-order valence-electron chi connectivity index (χ4n) is 2.22. The summed E-state index contributed by atoms with van der Waals surface area (Å²) in [5.74, 6) is -0.863. The van der Waals surface area contributed by atoms with Crippen molar-refractivity contribution in [1.29, 1.82) is 5.26 Å². The summed E-state index contributed by atoms with van der Waals surface area (Å²) in [7, 11) is 0. The van der Waals surface area contributed by atoms with Crippen molar-refractivity contribution in [3.05, 3.63) is 72.8 Å². The van der Waals surface area contributed by atoms with E-state index < -0.39 is 10.8 Å². The number of halogens is 1. The highest BCUT2D eigenvalue weighted by atomic mass is 127. The fraction of sp³-hybridized carbons (Fsp3) is 0.111. The Kier molecular flexibility index (Phi) is 6.30. The van der Waals surface area contributed by atoms with E-state index in [2.05, 4.69) is 5.32 Å². The average Bonchev–Trinajstić information content (AvgIpc) is 2.63. The summed E-state index contributed by atoms with van der Waals surface area (Å²) < 4.78 is 0.249. The number of phenols is 1. The van der Waals surface area contributed by atoms with Gasteiger partial charge in [-0.1, -0.05) is 30.3 Å².